The van der Waals surface area contributed by atoms with Gasteiger partial charge in [0.05, 0.1) is 20.3 Å². The van der Waals surface area contributed by atoms with E-state index in [1.807, 2.05) is 18.2 Å². The number of amides is 1. The summed E-state index contributed by atoms with van der Waals surface area (Å²) in [5.41, 5.74) is 0.0529. The van der Waals surface area contributed by atoms with Crippen LogP contribution in [0, 0.1) is 0 Å². The van der Waals surface area contributed by atoms with Gasteiger partial charge in [0.15, 0.2) is 12.3 Å². The summed E-state index contributed by atoms with van der Waals surface area (Å²) in [6.45, 7) is 0.653. The van der Waals surface area contributed by atoms with E-state index in [0.29, 0.717) is 18.9 Å². The first-order valence-corrected chi connectivity index (χ1v) is 7.61. The average molecular weight is 348 g/mol. The first-order chi connectivity index (χ1) is 12.1. The van der Waals surface area contributed by atoms with Crippen molar-refractivity contribution in [3.05, 3.63) is 48.2 Å². The predicted octanol–water partition coefficient (Wildman–Crippen LogP) is 1.52. The van der Waals surface area contributed by atoms with Gasteiger partial charge in [-0.3, -0.25) is 4.79 Å². The Morgan fingerprint density at radius 3 is 2.64 bits per heavy atom. The Morgan fingerprint density at radius 2 is 1.96 bits per heavy atom. The number of carbonyl (C=O) groups is 2. The monoisotopic (exact) mass is 348 g/mol. The van der Waals surface area contributed by atoms with Gasteiger partial charge >= 0.3 is 5.97 Å². The van der Waals surface area contributed by atoms with Gasteiger partial charge in [-0.05, 0) is 12.1 Å². The van der Waals surface area contributed by atoms with Crippen molar-refractivity contribution in [3.63, 3.8) is 0 Å². The van der Waals surface area contributed by atoms with Gasteiger partial charge in [0.25, 0.3) is 5.91 Å². The lowest BCUT2D eigenvalue weighted by atomic mass is 10.3. The van der Waals surface area contributed by atoms with Gasteiger partial charge in [-0.15, -0.1) is 0 Å². The van der Waals surface area contributed by atoms with Crippen molar-refractivity contribution in [2.45, 2.75) is 6.54 Å². The molecule has 0 bridgehead atoms. The molecule has 8 heteroatoms. The molecule has 8 nitrogen and oxygen atoms in total. The summed E-state index contributed by atoms with van der Waals surface area (Å²) in [7, 11) is 2.80. The van der Waals surface area contributed by atoms with E-state index in [1.165, 1.54) is 18.3 Å². The molecule has 25 heavy (non-hydrogen) atoms. The van der Waals surface area contributed by atoms with Gasteiger partial charge in [-0.1, -0.05) is 18.2 Å². The van der Waals surface area contributed by atoms with Crippen molar-refractivity contribution >= 4 is 11.9 Å². The van der Waals surface area contributed by atoms with Crippen LogP contribution in [0.15, 0.2) is 41.0 Å². The lowest BCUT2D eigenvalue weighted by molar-refractivity contribution is -0.135. The number of nitrogens with zero attached hydrogens (tertiary/aromatic N) is 2. The number of aromatic nitrogens is 1. The number of oxazole rings is 1. The Morgan fingerprint density at radius 1 is 1.20 bits per heavy atom. The van der Waals surface area contributed by atoms with Crippen LogP contribution in [0.4, 0.5) is 0 Å². The smallest absolute Gasteiger partial charge is 0.360 e. The van der Waals surface area contributed by atoms with Gasteiger partial charge in [-0.25, -0.2) is 9.78 Å². The quantitative estimate of drug-likeness (QED) is 0.634. The second kappa shape index (κ2) is 9.43. The number of benzene rings is 1. The maximum Gasteiger partial charge on any atom is 0.360 e. The molecule has 0 aliphatic heterocycles. The van der Waals surface area contributed by atoms with Crippen molar-refractivity contribution < 1.29 is 28.2 Å². The van der Waals surface area contributed by atoms with Crippen LogP contribution in [0.3, 0.4) is 0 Å². The average Bonchev–Trinajstić information content (AvgIpc) is 3.12. The first-order valence-electron chi connectivity index (χ1n) is 7.61. The summed E-state index contributed by atoms with van der Waals surface area (Å²) in [5.74, 6) is -0.0212. The van der Waals surface area contributed by atoms with Crippen LogP contribution in [0.25, 0.3) is 0 Å². The zero-order valence-electron chi connectivity index (χ0n) is 14.1. The Balaban J connectivity index is 1.98. The molecule has 0 fully saturated rings. The van der Waals surface area contributed by atoms with Crippen LogP contribution >= 0.6 is 0 Å². The summed E-state index contributed by atoms with van der Waals surface area (Å²) in [6.07, 6.45) is 1.20. The van der Waals surface area contributed by atoms with Crippen LogP contribution in [0.5, 0.6) is 5.75 Å². The van der Waals surface area contributed by atoms with Gasteiger partial charge in [0.2, 0.25) is 5.89 Å². The van der Waals surface area contributed by atoms with Crippen LogP contribution in [-0.2, 0) is 20.8 Å². The Labute approximate surface area is 145 Å². The number of esters is 1. The summed E-state index contributed by atoms with van der Waals surface area (Å²) in [4.78, 5) is 29.3. The number of para-hydroxylation sites is 1. The van der Waals surface area contributed by atoms with Crippen LogP contribution in [0.2, 0.25) is 0 Å². The molecule has 0 N–H and O–H groups in total. The van der Waals surface area contributed by atoms with E-state index in [2.05, 4.69) is 9.72 Å². The largest absolute Gasteiger partial charge is 0.484 e. The Kier molecular flexibility index (Phi) is 6.97. The normalized spacial score (nSPS) is 10.3. The molecule has 0 radical (unpaired) electrons. The molecule has 0 aliphatic carbocycles. The molecule has 1 amide bonds. The molecule has 0 atom stereocenters. The third kappa shape index (κ3) is 5.61. The van der Waals surface area contributed by atoms with E-state index in [1.54, 1.807) is 19.2 Å². The number of ether oxygens (including phenoxy) is 3. The highest BCUT2D eigenvalue weighted by Gasteiger charge is 2.19. The van der Waals surface area contributed by atoms with E-state index < -0.39 is 5.97 Å². The molecule has 0 spiro atoms. The van der Waals surface area contributed by atoms with Gasteiger partial charge in [-0.2, -0.15) is 0 Å². The number of carbonyl (C=O) groups excluding carboxylic acids is 2. The van der Waals surface area contributed by atoms with E-state index in [-0.39, 0.29) is 30.6 Å². The molecule has 134 valence electrons. The molecular weight excluding hydrogens is 328 g/mol. The van der Waals surface area contributed by atoms with Crippen LogP contribution < -0.4 is 4.74 Å². The van der Waals surface area contributed by atoms with Gasteiger partial charge in [0, 0.05) is 13.7 Å². The summed E-state index contributed by atoms with van der Waals surface area (Å²) < 4.78 is 20.3. The molecular formula is C17H20N2O6. The maximum atomic E-state index is 12.4. The van der Waals surface area contributed by atoms with Crippen molar-refractivity contribution in [1.29, 1.82) is 0 Å². The second-order valence-corrected chi connectivity index (χ2v) is 5.03. The van der Waals surface area contributed by atoms with E-state index in [0.717, 1.165) is 0 Å². The fraction of sp³-hybridized carbons (Fsp3) is 0.353. The third-order valence-electron chi connectivity index (χ3n) is 3.30. The number of methoxy groups -OCH3 is 2. The molecule has 1 heterocycles. The zero-order chi connectivity index (χ0) is 18.1. The summed E-state index contributed by atoms with van der Waals surface area (Å²) in [5, 5.41) is 0. The van der Waals surface area contributed by atoms with Crippen molar-refractivity contribution in [2.75, 3.05) is 34.0 Å². The number of hydrogen-bond acceptors (Lipinski definition) is 7. The van der Waals surface area contributed by atoms with Crippen LogP contribution in [0.1, 0.15) is 16.4 Å². The zero-order valence-corrected chi connectivity index (χ0v) is 14.1. The molecule has 0 saturated heterocycles. The molecule has 1 aromatic carbocycles. The Hall–Kier alpha value is -2.87. The van der Waals surface area contributed by atoms with E-state index >= 15 is 0 Å². The topological polar surface area (TPSA) is 91.1 Å². The van der Waals surface area contributed by atoms with Crippen LogP contribution in [-0.4, -0.2) is 55.7 Å². The minimum Gasteiger partial charge on any atom is -0.484 e. The highest BCUT2D eigenvalue weighted by Crippen LogP contribution is 2.10. The van der Waals surface area contributed by atoms with Crippen molar-refractivity contribution in [3.8, 4) is 5.75 Å². The van der Waals surface area contributed by atoms with Crippen molar-refractivity contribution in [1.82, 2.24) is 9.88 Å². The minimum absolute atomic E-state index is 0.0529. The predicted molar refractivity (Wildman–Crippen MR) is 87.1 cm³/mol. The second-order valence-electron chi connectivity index (χ2n) is 5.03. The SMILES string of the molecule is COCCN(Cc1nc(C(=O)OC)co1)C(=O)COc1ccccc1. The lowest BCUT2D eigenvalue weighted by Gasteiger charge is -2.20. The number of hydrogen-bond donors (Lipinski definition) is 0. The van der Waals surface area contributed by atoms with Gasteiger partial charge < -0.3 is 23.5 Å². The fourth-order valence-electron chi connectivity index (χ4n) is 1.99. The van der Waals surface area contributed by atoms with Crippen molar-refractivity contribution in [2.24, 2.45) is 0 Å². The standard InChI is InChI=1S/C17H20N2O6/c1-22-9-8-19(10-15-18-14(11-25-15)17(21)23-2)16(20)12-24-13-6-4-3-5-7-13/h3-7,11H,8-10,12H2,1-2H3. The first kappa shape index (κ1) is 18.5. The molecule has 2 rings (SSSR count). The fourth-order valence-corrected chi connectivity index (χ4v) is 1.99. The minimum atomic E-state index is -0.600. The lowest BCUT2D eigenvalue weighted by Crippen LogP contribution is -2.37. The third-order valence-corrected chi connectivity index (χ3v) is 3.30. The van der Waals surface area contributed by atoms with Gasteiger partial charge in [0.1, 0.15) is 12.0 Å². The molecule has 0 aliphatic rings. The molecule has 0 unspecified atom stereocenters. The molecule has 2 aromatic rings. The maximum absolute atomic E-state index is 12.4. The Bertz CT molecular complexity index is 685. The molecule has 1 aromatic heterocycles. The summed E-state index contributed by atoms with van der Waals surface area (Å²) >= 11 is 0. The number of rotatable bonds is 9. The summed E-state index contributed by atoms with van der Waals surface area (Å²) in [6, 6.07) is 9.04. The molecule has 0 saturated carbocycles. The highest BCUT2D eigenvalue weighted by molar-refractivity contribution is 5.86. The van der Waals surface area contributed by atoms with E-state index in [9.17, 15) is 9.59 Å². The highest BCUT2D eigenvalue weighted by atomic mass is 16.5. The van der Waals surface area contributed by atoms with E-state index in [4.69, 9.17) is 13.9 Å².